The largest absolute Gasteiger partial charge is 0.496 e. The zero-order valence-corrected chi connectivity index (χ0v) is 14.8. The van der Waals surface area contributed by atoms with Crippen LogP contribution in [0.25, 0.3) is 0 Å². The van der Waals surface area contributed by atoms with Crippen LogP contribution in [0.3, 0.4) is 0 Å². The van der Waals surface area contributed by atoms with E-state index in [9.17, 15) is 0 Å². The van der Waals surface area contributed by atoms with Gasteiger partial charge < -0.3 is 10.1 Å². The molecule has 1 aromatic rings. The Balaban J connectivity index is 2.86. The van der Waals surface area contributed by atoms with Crippen LogP contribution in [0.4, 0.5) is 0 Å². The molecule has 120 valence electrons. The van der Waals surface area contributed by atoms with Gasteiger partial charge in [-0.2, -0.15) is 0 Å². The lowest BCUT2D eigenvalue weighted by Crippen LogP contribution is -2.47. The summed E-state index contributed by atoms with van der Waals surface area (Å²) in [6.07, 6.45) is 0. The van der Waals surface area contributed by atoms with Crippen molar-refractivity contribution in [1.82, 2.24) is 10.2 Å². The molecular weight excluding hydrogens is 260 g/mol. The smallest absolute Gasteiger partial charge is 0.123 e. The van der Waals surface area contributed by atoms with Crippen LogP contribution in [-0.2, 0) is 5.54 Å². The SMILES string of the molecule is CCN(CCNC(C)(C)C)C(C)(C)c1ccccc1OC. The molecule has 0 saturated heterocycles. The first-order chi connectivity index (χ1) is 9.72. The molecule has 3 nitrogen and oxygen atoms in total. The average molecular weight is 292 g/mol. The summed E-state index contributed by atoms with van der Waals surface area (Å²) < 4.78 is 5.54. The van der Waals surface area contributed by atoms with Crippen LogP contribution in [0.15, 0.2) is 24.3 Å². The molecule has 0 fully saturated rings. The highest BCUT2D eigenvalue weighted by atomic mass is 16.5. The van der Waals surface area contributed by atoms with Gasteiger partial charge in [-0.15, -0.1) is 0 Å². The Morgan fingerprint density at radius 3 is 2.24 bits per heavy atom. The van der Waals surface area contributed by atoms with E-state index in [1.165, 1.54) is 5.56 Å². The van der Waals surface area contributed by atoms with E-state index in [4.69, 9.17) is 4.74 Å². The first-order valence-electron chi connectivity index (χ1n) is 7.86. The van der Waals surface area contributed by atoms with Crippen molar-refractivity contribution in [3.63, 3.8) is 0 Å². The monoisotopic (exact) mass is 292 g/mol. The molecular formula is C18H32N2O. The summed E-state index contributed by atoms with van der Waals surface area (Å²) in [6, 6.07) is 8.31. The second-order valence-corrected chi connectivity index (χ2v) is 7.02. The lowest BCUT2D eigenvalue weighted by molar-refractivity contribution is 0.121. The van der Waals surface area contributed by atoms with Crippen LogP contribution in [0.1, 0.15) is 47.1 Å². The number of nitrogens with one attached hydrogen (secondary N) is 1. The van der Waals surface area contributed by atoms with E-state index in [2.05, 4.69) is 63.9 Å². The molecule has 0 amide bonds. The highest BCUT2D eigenvalue weighted by Crippen LogP contribution is 2.34. The molecule has 0 aromatic heterocycles. The van der Waals surface area contributed by atoms with Gasteiger partial charge in [-0.3, -0.25) is 4.90 Å². The first-order valence-corrected chi connectivity index (χ1v) is 7.86. The molecule has 0 bridgehead atoms. The minimum absolute atomic E-state index is 0.0546. The third-order valence-corrected chi connectivity index (χ3v) is 3.98. The Morgan fingerprint density at radius 2 is 1.71 bits per heavy atom. The third-order valence-electron chi connectivity index (χ3n) is 3.98. The number of methoxy groups -OCH3 is 1. The summed E-state index contributed by atoms with van der Waals surface area (Å²) in [4.78, 5) is 2.49. The maximum Gasteiger partial charge on any atom is 0.123 e. The van der Waals surface area contributed by atoms with Gasteiger partial charge in [-0.1, -0.05) is 25.1 Å². The topological polar surface area (TPSA) is 24.5 Å². The van der Waals surface area contributed by atoms with Gasteiger partial charge in [-0.05, 0) is 47.2 Å². The zero-order valence-electron chi connectivity index (χ0n) is 14.8. The molecule has 0 aliphatic carbocycles. The summed E-state index contributed by atoms with van der Waals surface area (Å²) in [5.41, 5.74) is 1.35. The Morgan fingerprint density at radius 1 is 1.10 bits per heavy atom. The normalized spacial score (nSPS) is 12.8. The van der Waals surface area contributed by atoms with Crippen molar-refractivity contribution >= 4 is 0 Å². The summed E-state index contributed by atoms with van der Waals surface area (Å²) in [5.74, 6) is 0.963. The van der Waals surface area contributed by atoms with Gasteiger partial charge in [0.15, 0.2) is 0 Å². The predicted octanol–water partition coefficient (Wildman–Crippen LogP) is 3.64. The highest BCUT2D eigenvalue weighted by Gasteiger charge is 2.30. The number of hydrogen-bond donors (Lipinski definition) is 1. The predicted molar refractivity (Wildman–Crippen MR) is 91.0 cm³/mol. The number of hydrogen-bond acceptors (Lipinski definition) is 3. The van der Waals surface area contributed by atoms with E-state index in [0.29, 0.717) is 0 Å². The number of rotatable bonds is 7. The maximum absolute atomic E-state index is 5.54. The molecule has 0 saturated carbocycles. The molecule has 0 atom stereocenters. The van der Waals surface area contributed by atoms with Crippen LogP contribution in [-0.4, -0.2) is 37.2 Å². The van der Waals surface area contributed by atoms with E-state index in [1.54, 1.807) is 7.11 Å². The molecule has 0 aliphatic heterocycles. The maximum atomic E-state index is 5.54. The summed E-state index contributed by atoms with van der Waals surface area (Å²) in [6.45, 7) is 16.4. The zero-order chi connectivity index (χ0) is 16.1. The molecule has 1 aromatic carbocycles. The van der Waals surface area contributed by atoms with Crippen molar-refractivity contribution in [1.29, 1.82) is 0 Å². The van der Waals surface area contributed by atoms with Crippen molar-refractivity contribution in [3.05, 3.63) is 29.8 Å². The second kappa shape index (κ2) is 7.28. The number of para-hydroxylation sites is 1. The first kappa shape index (κ1) is 18.0. The average Bonchev–Trinajstić information content (AvgIpc) is 2.42. The van der Waals surface area contributed by atoms with E-state index >= 15 is 0 Å². The van der Waals surface area contributed by atoms with Crippen molar-refractivity contribution in [2.75, 3.05) is 26.7 Å². The van der Waals surface area contributed by atoms with Gasteiger partial charge in [0.05, 0.1) is 7.11 Å². The van der Waals surface area contributed by atoms with Crippen molar-refractivity contribution in [3.8, 4) is 5.75 Å². The molecule has 21 heavy (non-hydrogen) atoms. The van der Waals surface area contributed by atoms with Crippen LogP contribution < -0.4 is 10.1 Å². The summed E-state index contributed by atoms with van der Waals surface area (Å²) >= 11 is 0. The molecule has 0 spiro atoms. The Labute approximate surface area is 130 Å². The molecule has 3 heteroatoms. The molecule has 0 radical (unpaired) electrons. The van der Waals surface area contributed by atoms with Crippen LogP contribution in [0.5, 0.6) is 5.75 Å². The quantitative estimate of drug-likeness (QED) is 0.830. The van der Waals surface area contributed by atoms with Gasteiger partial charge in [0, 0.05) is 29.7 Å². The van der Waals surface area contributed by atoms with Crippen molar-refractivity contribution in [2.45, 2.75) is 52.6 Å². The third kappa shape index (κ3) is 5.01. The van der Waals surface area contributed by atoms with E-state index in [-0.39, 0.29) is 11.1 Å². The second-order valence-electron chi connectivity index (χ2n) is 7.02. The summed E-state index contributed by atoms with van der Waals surface area (Å²) in [5, 5.41) is 3.57. The van der Waals surface area contributed by atoms with Crippen molar-refractivity contribution < 1.29 is 4.74 Å². The molecule has 1 N–H and O–H groups in total. The fourth-order valence-electron chi connectivity index (χ4n) is 2.72. The van der Waals surface area contributed by atoms with E-state index in [0.717, 1.165) is 25.4 Å². The summed E-state index contributed by atoms with van der Waals surface area (Å²) in [7, 11) is 1.74. The minimum atomic E-state index is -0.0546. The molecule has 0 unspecified atom stereocenters. The Hall–Kier alpha value is -1.06. The number of nitrogens with zero attached hydrogens (tertiary/aromatic N) is 1. The van der Waals surface area contributed by atoms with Crippen LogP contribution in [0.2, 0.25) is 0 Å². The van der Waals surface area contributed by atoms with Crippen LogP contribution >= 0.6 is 0 Å². The lowest BCUT2D eigenvalue weighted by atomic mass is 9.91. The number of ether oxygens (including phenoxy) is 1. The lowest BCUT2D eigenvalue weighted by Gasteiger charge is -2.39. The number of benzene rings is 1. The fourth-order valence-corrected chi connectivity index (χ4v) is 2.72. The van der Waals surface area contributed by atoms with Gasteiger partial charge in [-0.25, -0.2) is 0 Å². The van der Waals surface area contributed by atoms with E-state index < -0.39 is 0 Å². The molecule has 1 rings (SSSR count). The molecule has 0 aliphatic rings. The van der Waals surface area contributed by atoms with Gasteiger partial charge in [0.25, 0.3) is 0 Å². The van der Waals surface area contributed by atoms with Gasteiger partial charge in [0.1, 0.15) is 5.75 Å². The Kier molecular flexibility index (Phi) is 6.24. The van der Waals surface area contributed by atoms with Crippen molar-refractivity contribution in [2.24, 2.45) is 0 Å². The highest BCUT2D eigenvalue weighted by molar-refractivity contribution is 5.38. The minimum Gasteiger partial charge on any atom is -0.496 e. The van der Waals surface area contributed by atoms with Gasteiger partial charge >= 0.3 is 0 Å². The standard InChI is InChI=1S/C18H32N2O/c1-8-20(14-13-19-17(2,3)4)18(5,6)15-11-9-10-12-16(15)21-7/h9-12,19H,8,13-14H2,1-7H3. The molecule has 0 heterocycles. The van der Waals surface area contributed by atoms with E-state index in [1.807, 2.05) is 12.1 Å². The Bertz CT molecular complexity index is 435. The fraction of sp³-hybridized carbons (Fsp3) is 0.667. The number of likely N-dealkylation sites (N-methyl/N-ethyl adjacent to an activating group) is 1. The van der Waals surface area contributed by atoms with Crippen LogP contribution in [0, 0.1) is 0 Å². The van der Waals surface area contributed by atoms with Gasteiger partial charge in [0.2, 0.25) is 0 Å².